The number of hydrogen-bond acceptors (Lipinski definition) is 7. The minimum atomic E-state index is -4.56. The Morgan fingerprint density at radius 2 is 1.57 bits per heavy atom. The van der Waals surface area contributed by atoms with Crippen LogP contribution in [0.2, 0.25) is 0 Å². The smallest absolute Gasteiger partial charge is 0.295 e. The Labute approximate surface area is 159 Å². The van der Waals surface area contributed by atoms with Crippen molar-refractivity contribution in [3.63, 3.8) is 0 Å². The van der Waals surface area contributed by atoms with E-state index in [9.17, 15) is 18.1 Å². The predicted octanol–water partition coefficient (Wildman–Crippen LogP) is 4.34. The lowest BCUT2D eigenvalue weighted by atomic mass is 10.1. The Morgan fingerprint density at radius 1 is 0.893 bits per heavy atom. The number of aromatic hydroxyl groups is 1. The van der Waals surface area contributed by atoms with E-state index in [1.807, 2.05) is 24.3 Å². The number of fused-ring (bicyclic) bond motifs is 2. The molecule has 0 unspecified atom stereocenters. The van der Waals surface area contributed by atoms with E-state index in [4.69, 9.17) is 5.73 Å². The summed E-state index contributed by atoms with van der Waals surface area (Å²) in [5.74, 6) is -0.341. The third-order valence-corrected chi connectivity index (χ3v) is 5.18. The number of aromatic nitrogens is 1. The second-order valence-corrected chi connectivity index (χ2v) is 7.43. The zero-order chi connectivity index (χ0) is 19.9. The van der Waals surface area contributed by atoms with Crippen LogP contribution in [0.1, 0.15) is 0 Å². The largest absolute Gasteiger partial charge is 0.504 e. The van der Waals surface area contributed by atoms with Gasteiger partial charge in [-0.1, -0.05) is 24.3 Å². The van der Waals surface area contributed by atoms with E-state index < -0.39 is 15.0 Å². The number of nitrogens with two attached hydrogens (primary N) is 1. The number of phenolic OH excluding ortho intramolecular Hbond substituents is 1. The maximum atomic E-state index is 11.8. The van der Waals surface area contributed by atoms with Crippen LogP contribution in [0.4, 0.5) is 17.1 Å². The van der Waals surface area contributed by atoms with Crippen molar-refractivity contribution >= 4 is 48.9 Å². The highest BCUT2D eigenvalue weighted by Gasteiger charge is 2.20. The molecule has 0 amide bonds. The standard InChI is InChI=1S/C19H14N4O4S/c20-14-7-8-15(12-5-2-1-4-11(12)14)22-23-16-10-17(28(25,26)27)13-6-3-9-21-18(13)19(16)24/h1-10,24H,20H2,(H,25,26,27). The van der Waals surface area contributed by atoms with Gasteiger partial charge in [0.2, 0.25) is 0 Å². The number of pyridine rings is 1. The highest BCUT2D eigenvalue weighted by Crippen LogP contribution is 2.39. The van der Waals surface area contributed by atoms with Gasteiger partial charge >= 0.3 is 0 Å². The molecule has 8 nitrogen and oxygen atoms in total. The summed E-state index contributed by atoms with van der Waals surface area (Å²) in [5.41, 5.74) is 6.90. The van der Waals surface area contributed by atoms with Gasteiger partial charge in [0.25, 0.3) is 10.1 Å². The summed E-state index contributed by atoms with van der Waals surface area (Å²) >= 11 is 0. The van der Waals surface area contributed by atoms with Crippen LogP contribution in [0.25, 0.3) is 21.7 Å². The molecule has 4 N–H and O–H groups in total. The SMILES string of the molecule is Nc1ccc(N=Nc2cc(S(=O)(=O)O)c3cccnc3c2O)c2ccccc12. The van der Waals surface area contributed by atoms with Crippen molar-refractivity contribution < 1.29 is 18.1 Å². The molecule has 0 aliphatic carbocycles. The van der Waals surface area contributed by atoms with Gasteiger partial charge in [0.1, 0.15) is 16.1 Å². The van der Waals surface area contributed by atoms with Crippen LogP contribution < -0.4 is 5.73 Å². The quantitative estimate of drug-likeness (QED) is 0.268. The molecular weight excluding hydrogens is 380 g/mol. The van der Waals surface area contributed by atoms with Crippen LogP contribution in [-0.4, -0.2) is 23.1 Å². The summed E-state index contributed by atoms with van der Waals surface area (Å²) in [6.07, 6.45) is 1.39. The van der Waals surface area contributed by atoms with Crippen LogP contribution >= 0.6 is 0 Å². The first kappa shape index (κ1) is 17.8. The maximum absolute atomic E-state index is 11.8. The number of benzene rings is 3. The minimum Gasteiger partial charge on any atom is -0.504 e. The third kappa shape index (κ3) is 3.02. The van der Waals surface area contributed by atoms with E-state index in [1.165, 1.54) is 18.3 Å². The molecule has 1 heterocycles. The Balaban J connectivity index is 1.92. The molecule has 140 valence electrons. The second-order valence-electron chi connectivity index (χ2n) is 6.04. The van der Waals surface area contributed by atoms with Gasteiger partial charge in [-0.25, -0.2) is 0 Å². The molecule has 0 radical (unpaired) electrons. The maximum Gasteiger partial charge on any atom is 0.295 e. The van der Waals surface area contributed by atoms with Crippen LogP contribution in [0.5, 0.6) is 5.75 Å². The van der Waals surface area contributed by atoms with Crippen molar-refractivity contribution in [1.29, 1.82) is 0 Å². The molecule has 4 aromatic rings. The van der Waals surface area contributed by atoms with E-state index in [2.05, 4.69) is 15.2 Å². The van der Waals surface area contributed by atoms with E-state index >= 15 is 0 Å². The number of nitrogens with zero attached hydrogens (tertiary/aromatic N) is 3. The van der Waals surface area contributed by atoms with Gasteiger partial charge in [-0.2, -0.15) is 8.42 Å². The summed E-state index contributed by atoms with van der Waals surface area (Å²) in [7, 11) is -4.56. The number of rotatable bonds is 3. The molecule has 0 atom stereocenters. The average molecular weight is 394 g/mol. The van der Waals surface area contributed by atoms with Gasteiger partial charge in [0, 0.05) is 28.0 Å². The van der Waals surface area contributed by atoms with Gasteiger partial charge in [-0.05, 0) is 30.3 Å². The van der Waals surface area contributed by atoms with Crippen molar-refractivity contribution in [3.8, 4) is 5.75 Å². The Bertz CT molecular complexity index is 1370. The topological polar surface area (TPSA) is 138 Å². The zero-order valence-corrected chi connectivity index (χ0v) is 15.1. The van der Waals surface area contributed by atoms with E-state index in [0.717, 1.165) is 16.8 Å². The highest BCUT2D eigenvalue weighted by molar-refractivity contribution is 7.86. The van der Waals surface area contributed by atoms with Crippen molar-refractivity contribution in [2.75, 3.05) is 5.73 Å². The van der Waals surface area contributed by atoms with Crippen LogP contribution in [0, 0.1) is 0 Å². The Morgan fingerprint density at radius 3 is 2.32 bits per heavy atom. The molecule has 0 spiro atoms. The monoisotopic (exact) mass is 394 g/mol. The molecule has 0 saturated heterocycles. The van der Waals surface area contributed by atoms with Crippen molar-refractivity contribution in [2.45, 2.75) is 4.90 Å². The molecule has 1 aromatic heterocycles. The normalized spacial score (nSPS) is 12.2. The number of nitrogen functional groups attached to an aromatic ring is 1. The molecule has 3 aromatic carbocycles. The zero-order valence-electron chi connectivity index (χ0n) is 14.3. The first-order valence-corrected chi connectivity index (χ1v) is 9.57. The lowest BCUT2D eigenvalue weighted by molar-refractivity contribution is 0.479. The molecule has 0 fully saturated rings. The fourth-order valence-electron chi connectivity index (χ4n) is 2.98. The summed E-state index contributed by atoms with van der Waals surface area (Å²) in [6.45, 7) is 0. The van der Waals surface area contributed by atoms with Gasteiger partial charge in [0.15, 0.2) is 5.75 Å². The highest BCUT2D eigenvalue weighted by atomic mass is 32.2. The first-order valence-electron chi connectivity index (χ1n) is 8.13. The molecule has 0 saturated carbocycles. The average Bonchev–Trinajstić information content (AvgIpc) is 2.68. The minimum absolute atomic E-state index is 0.00580. The molecular formula is C19H14N4O4S. The van der Waals surface area contributed by atoms with Crippen molar-refractivity contribution in [2.24, 2.45) is 10.2 Å². The molecule has 0 bridgehead atoms. The molecule has 4 rings (SSSR count). The molecule has 0 aliphatic rings. The summed E-state index contributed by atoms with van der Waals surface area (Å²) in [6, 6.07) is 14.7. The Kier molecular flexibility index (Phi) is 4.17. The fourth-order valence-corrected chi connectivity index (χ4v) is 3.68. The van der Waals surface area contributed by atoms with Crippen LogP contribution in [0.3, 0.4) is 0 Å². The van der Waals surface area contributed by atoms with Gasteiger partial charge in [0.05, 0.1) is 5.69 Å². The number of phenols is 1. The lowest BCUT2D eigenvalue weighted by Crippen LogP contribution is -1.99. The summed E-state index contributed by atoms with van der Waals surface area (Å²) in [5, 5.41) is 20.2. The first-order chi connectivity index (χ1) is 13.4. The number of hydrogen-bond donors (Lipinski definition) is 3. The Hall–Kier alpha value is -3.56. The summed E-state index contributed by atoms with van der Waals surface area (Å²) < 4.78 is 33.0. The van der Waals surface area contributed by atoms with Crippen LogP contribution in [-0.2, 0) is 10.1 Å². The molecule has 9 heteroatoms. The van der Waals surface area contributed by atoms with Gasteiger partial charge < -0.3 is 10.8 Å². The predicted molar refractivity (Wildman–Crippen MR) is 106 cm³/mol. The lowest BCUT2D eigenvalue weighted by Gasteiger charge is -2.08. The second kappa shape index (κ2) is 6.55. The number of azo groups is 1. The van der Waals surface area contributed by atoms with Gasteiger partial charge in [-0.15, -0.1) is 10.2 Å². The number of anilines is 1. The molecule has 28 heavy (non-hydrogen) atoms. The van der Waals surface area contributed by atoms with Crippen LogP contribution in [0.15, 0.2) is 75.9 Å². The fraction of sp³-hybridized carbons (Fsp3) is 0. The van der Waals surface area contributed by atoms with E-state index in [-0.39, 0.29) is 22.3 Å². The van der Waals surface area contributed by atoms with E-state index in [1.54, 1.807) is 12.1 Å². The van der Waals surface area contributed by atoms with Crippen molar-refractivity contribution in [1.82, 2.24) is 4.98 Å². The van der Waals surface area contributed by atoms with Crippen molar-refractivity contribution in [3.05, 3.63) is 60.8 Å². The molecule has 0 aliphatic heterocycles. The van der Waals surface area contributed by atoms with E-state index in [0.29, 0.717) is 11.4 Å². The van der Waals surface area contributed by atoms with Gasteiger partial charge in [-0.3, -0.25) is 9.54 Å². The third-order valence-electron chi connectivity index (χ3n) is 4.29. The summed E-state index contributed by atoms with van der Waals surface area (Å²) in [4.78, 5) is 3.58.